The van der Waals surface area contributed by atoms with Crippen LogP contribution < -0.4 is 10.2 Å². The molecule has 1 fully saturated rings. The molecule has 3 heterocycles. The van der Waals surface area contributed by atoms with Gasteiger partial charge in [-0.1, -0.05) is 50.8 Å². The zero-order valence-corrected chi connectivity index (χ0v) is 21.9. The summed E-state index contributed by atoms with van der Waals surface area (Å²) in [6, 6.07) is 8.46. The van der Waals surface area contributed by atoms with Crippen LogP contribution in [0.25, 0.3) is 0 Å². The molecule has 1 atom stereocenters. The number of cyclic esters (lactones) is 1. The van der Waals surface area contributed by atoms with Crippen LogP contribution in [0.4, 0.5) is 21.4 Å². The number of carbonyl (C=O) groups excluding carboxylic acids is 2. The van der Waals surface area contributed by atoms with Crippen LogP contribution in [0.2, 0.25) is 0 Å². The molecule has 2 amide bonds. The van der Waals surface area contributed by atoms with Crippen molar-refractivity contribution in [3.63, 3.8) is 0 Å². The van der Waals surface area contributed by atoms with Crippen molar-refractivity contribution in [1.29, 1.82) is 0 Å². The van der Waals surface area contributed by atoms with Crippen molar-refractivity contribution in [2.45, 2.75) is 40.0 Å². The summed E-state index contributed by atoms with van der Waals surface area (Å²) < 4.78 is 10.4. The molecule has 1 N–H and O–H groups in total. The molecule has 0 unspecified atom stereocenters. The van der Waals surface area contributed by atoms with Gasteiger partial charge < -0.3 is 19.7 Å². The SMILES string of the molecule is C=CCOC(=O)N1CCN(Cc2ccc([C@H](C)Nc3ncc4c(n3)N(CC(C)C)C(=O)OC4)cc2)CC1. The molecular weight excluding hydrogens is 472 g/mol. The minimum absolute atomic E-state index is 0.0219. The van der Waals surface area contributed by atoms with E-state index in [9.17, 15) is 9.59 Å². The van der Waals surface area contributed by atoms with Gasteiger partial charge >= 0.3 is 12.2 Å². The van der Waals surface area contributed by atoms with Crippen molar-refractivity contribution in [2.24, 2.45) is 5.92 Å². The molecule has 1 aromatic heterocycles. The maximum absolute atomic E-state index is 12.3. The monoisotopic (exact) mass is 508 g/mol. The molecule has 2 aliphatic rings. The summed E-state index contributed by atoms with van der Waals surface area (Å²) in [6.45, 7) is 14.4. The van der Waals surface area contributed by atoms with Crippen LogP contribution in [0.1, 0.15) is 43.5 Å². The van der Waals surface area contributed by atoms with Crippen LogP contribution in [0.15, 0.2) is 43.1 Å². The fourth-order valence-electron chi connectivity index (χ4n) is 4.39. The minimum Gasteiger partial charge on any atom is -0.445 e. The summed E-state index contributed by atoms with van der Waals surface area (Å²) >= 11 is 0. The average molecular weight is 509 g/mol. The summed E-state index contributed by atoms with van der Waals surface area (Å²) in [7, 11) is 0. The Morgan fingerprint density at radius 3 is 2.59 bits per heavy atom. The molecule has 0 bridgehead atoms. The van der Waals surface area contributed by atoms with Gasteiger partial charge in [0.2, 0.25) is 5.95 Å². The molecule has 0 radical (unpaired) electrons. The zero-order chi connectivity index (χ0) is 26.4. The Kier molecular flexibility index (Phi) is 8.60. The normalized spacial score (nSPS) is 16.7. The average Bonchev–Trinajstić information content (AvgIpc) is 2.89. The van der Waals surface area contributed by atoms with E-state index in [1.54, 1.807) is 22.1 Å². The molecule has 10 heteroatoms. The third kappa shape index (κ3) is 6.76. The number of hydrogen-bond acceptors (Lipinski definition) is 8. The van der Waals surface area contributed by atoms with E-state index in [4.69, 9.17) is 9.47 Å². The summed E-state index contributed by atoms with van der Waals surface area (Å²) in [5.41, 5.74) is 3.13. The van der Waals surface area contributed by atoms with Crippen LogP contribution in [0.3, 0.4) is 0 Å². The number of aromatic nitrogens is 2. The fourth-order valence-corrected chi connectivity index (χ4v) is 4.39. The van der Waals surface area contributed by atoms with E-state index in [2.05, 4.69) is 71.8 Å². The predicted octanol–water partition coefficient (Wildman–Crippen LogP) is 4.20. The summed E-state index contributed by atoms with van der Waals surface area (Å²) in [5, 5.41) is 3.36. The standard InChI is InChI=1S/C27H36N6O4/c1-5-14-36-26(34)32-12-10-31(11-13-32)17-21-6-8-22(9-7-21)20(4)29-25-28-15-23-18-37-27(35)33(16-19(2)3)24(23)30-25/h5-9,15,19-20H,1,10-14,16-18H2,2-4H3,(H,28,29,30)/t20-/m0/s1. The molecule has 4 rings (SSSR count). The van der Waals surface area contributed by atoms with Gasteiger partial charge in [-0.25, -0.2) is 14.6 Å². The number of nitrogens with zero attached hydrogens (tertiary/aromatic N) is 5. The number of hydrogen-bond donors (Lipinski definition) is 1. The highest BCUT2D eigenvalue weighted by molar-refractivity contribution is 5.89. The molecule has 37 heavy (non-hydrogen) atoms. The molecule has 0 saturated carbocycles. The summed E-state index contributed by atoms with van der Waals surface area (Å²) in [5.74, 6) is 1.37. The Hall–Kier alpha value is -3.66. The smallest absolute Gasteiger partial charge is 0.415 e. The second-order valence-electron chi connectivity index (χ2n) is 9.84. The first-order valence-corrected chi connectivity index (χ1v) is 12.7. The predicted molar refractivity (Wildman–Crippen MR) is 141 cm³/mol. The topological polar surface area (TPSA) is 100 Å². The van der Waals surface area contributed by atoms with Crippen LogP contribution in [-0.2, 0) is 22.6 Å². The van der Waals surface area contributed by atoms with Gasteiger partial charge in [-0.15, -0.1) is 0 Å². The number of nitrogens with one attached hydrogen (secondary N) is 1. The fraction of sp³-hybridized carbons (Fsp3) is 0.481. The van der Waals surface area contributed by atoms with Crippen LogP contribution >= 0.6 is 0 Å². The van der Waals surface area contributed by atoms with E-state index in [0.717, 1.165) is 30.8 Å². The first-order valence-electron chi connectivity index (χ1n) is 12.7. The molecule has 198 valence electrons. The van der Waals surface area contributed by atoms with Gasteiger partial charge in [-0.3, -0.25) is 9.80 Å². The Bertz CT molecular complexity index is 1100. The van der Waals surface area contributed by atoms with Gasteiger partial charge in [0.15, 0.2) is 0 Å². The lowest BCUT2D eigenvalue weighted by Crippen LogP contribution is -2.48. The molecule has 0 aliphatic carbocycles. The molecule has 2 aliphatic heterocycles. The molecular formula is C27H36N6O4. The number of carbonyl (C=O) groups is 2. The Morgan fingerprint density at radius 1 is 1.19 bits per heavy atom. The third-order valence-electron chi connectivity index (χ3n) is 6.40. The minimum atomic E-state index is -0.372. The van der Waals surface area contributed by atoms with Gasteiger partial charge in [0, 0.05) is 45.5 Å². The summed E-state index contributed by atoms with van der Waals surface area (Å²) in [6.07, 6.45) is 2.65. The van der Waals surface area contributed by atoms with Gasteiger partial charge in [-0.05, 0) is 24.0 Å². The zero-order valence-electron chi connectivity index (χ0n) is 21.9. The number of anilines is 2. The highest BCUT2D eigenvalue weighted by Gasteiger charge is 2.29. The van der Waals surface area contributed by atoms with E-state index >= 15 is 0 Å². The molecule has 2 aromatic rings. The van der Waals surface area contributed by atoms with Crippen molar-refractivity contribution in [1.82, 2.24) is 19.8 Å². The lowest BCUT2D eigenvalue weighted by atomic mass is 10.1. The van der Waals surface area contributed by atoms with Crippen molar-refractivity contribution in [3.05, 3.63) is 59.8 Å². The summed E-state index contributed by atoms with van der Waals surface area (Å²) in [4.78, 5) is 39.0. The van der Waals surface area contributed by atoms with E-state index < -0.39 is 0 Å². The number of amides is 2. The van der Waals surface area contributed by atoms with Crippen molar-refractivity contribution in [2.75, 3.05) is 49.5 Å². The number of benzene rings is 1. The van der Waals surface area contributed by atoms with Gasteiger partial charge in [0.25, 0.3) is 0 Å². The van der Waals surface area contributed by atoms with Gasteiger partial charge in [-0.2, -0.15) is 4.98 Å². The Morgan fingerprint density at radius 2 is 1.92 bits per heavy atom. The highest BCUT2D eigenvalue weighted by Crippen LogP contribution is 2.27. The molecule has 10 nitrogen and oxygen atoms in total. The molecule has 1 aromatic carbocycles. The first-order chi connectivity index (χ1) is 17.8. The molecule has 1 saturated heterocycles. The second-order valence-corrected chi connectivity index (χ2v) is 9.84. The maximum atomic E-state index is 12.3. The largest absolute Gasteiger partial charge is 0.445 e. The lowest BCUT2D eigenvalue weighted by molar-refractivity contribution is 0.0813. The highest BCUT2D eigenvalue weighted by atomic mass is 16.6. The number of rotatable bonds is 9. The van der Waals surface area contributed by atoms with Gasteiger partial charge in [0.1, 0.15) is 19.0 Å². The maximum Gasteiger partial charge on any atom is 0.415 e. The van der Waals surface area contributed by atoms with Crippen LogP contribution in [0, 0.1) is 5.92 Å². The van der Waals surface area contributed by atoms with Crippen molar-refractivity contribution < 1.29 is 19.1 Å². The van der Waals surface area contributed by atoms with Crippen molar-refractivity contribution >= 4 is 24.0 Å². The van der Waals surface area contributed by atoms with E-state index in [1.165, 1.54) is 5.56 Å². The Labute approximate surface area is 218 Å². The number of fused-ring (bicyclic) bond motifs is 1. The Balaban J connectivity index is 1.32. The van der Waals surface area contributed by atoms with Gasteiger partial charge in [0.05, 0.1) is 11.6 Å². The number of ether oxygens (including phenoxy) is 2. The number of piperazine rings is 1. The third-order valence-corrected chi connectivity index (χ3v) is 6.40. The lowest BCUT2D eigenvalue weighted by Gasteiger charge is -2.34. The second kappa shape index (κ2) is 12.1. The van der Waals surface area contributed by atoms with E-state index in [0.29, 0.717) is 31.4 Å². The van der Waals surface area contributed by atoms with Crippen LogP contribution in [-0.4, -0.2) is 71.3 Å². The van der Waals surface area contributed by atoms with Crippen LogP contribution in [0.5, 0.6) is 0 Å². The molecule has 0 spiro atoms. The quantitative estimate of drug-likeness (QED) is 0.503. The van der Waals surface area contributed by atoms with E-state index in [1.807, 2.05) is 0 Å². The first kappa shape index (κ1) is 26.4. The van der Waals surface area contributed by atoms with Crippen molar-refractivity contribution in [3.8, 4) is 0 Å². The van der Waals surface area contributed by atoms with E-state index in [-0.39, 0.29) is 37.4 Å².